The number of rotatable bonds is 7. The van der Waals surface area contributed by atoms with Gasteiger partial charge in [-0.25, -0.2) is 4.98 Å². The summed E-state index contributed by atoms with van der Waals surface area (Å²) in [5.41, 5.74) is 2.04. The van der Waals surface area contributed by atoms with E-state index in [1.54, 1.807) is 48.1 Å². The maximum atomic E-state index is 13.2. The molecule has 0 saturated heterocycles. The zero-order valence-electron chi connectivity index (χ0n) is 17.2. The van der Waals surface area contributed by atoms with Crippen molar-refractivity contribution in [3.8, 4) is 5.75 Å². The molecule has 4 rings (SSSR count). The molecule has 0 bridgehead atoms. The van der Waals surface area contributed by atoms with Crippen LogP contribution in [0, 0.1) is 0 Å². The lowest BCUT2D eigenvalue weighted by molar-refractivity contribution is -0.113. The largest absolute Gasteiger partial charge is 0.497 e. The lowest BCUT2D eigenvalue weighted by atomic mass is 10.2. The number of aromatic nitrogens is 2. The summed E-state index contributed by atoms with van der Waals surface area (Å²) in [5, 5.41) is 4.44. The molecule has 3 aromatic carbocycles. The van der Waals surface area contributed by atoms with Crippen LogP contribution in [0.4, 0.5) is 5.69 Å². The number of hydrogen-bond donors (Lipinski definition) is 1. The molecule has 6 nitrogen and oxygen atoms in total. The topological polar surface area (TPSA) is 73.2 Å². The van der Waals surface area contributed by atoms with Gasteiger partial charge >= 0.3 is 0 Å². The van der Waals surface area contributed by atoms with E-state index in [1.165, 1.54) is 11.8 Å². The molecular weight excluding hydrogens is 446 g/mol. The molecular formula is C24H20ClN3O3S. The number of nitrogens with one attached hydrogen (secondary N) is 1. The van der Waals surface area contributed by atoms with Crippen molar-refractivity contribution in [2.75, 3.05) is 18.2 Å². The van der Waals surface area contributed by atoms with E-state index in [2.05, 4.69) is 10.3 Å². The highest BCUT2D eigenvalue weighted by Crippen LogP contribution is 2.21. The third kappa shape index (κ3) is 5.12. The summed E-state index contributed by atoms with van der Waals surface area (Å²) in [6, 6.07) is 21.6. The zero-order valence-corrected chi connectivity index (χ0v) is 18.8. The number of fused-ring (bicyclic) bond motifs is 1. The first kappa shape index (κ1) is 21.9. The minimum absolute atomic E-state index is 0.107. The van der Waals surface area contributed by atoms with Gasteiger partial charge in [0, 0.05) is 10.7 Å². The van der Waals surface area contributed by atoms with Gasteiger partial charge < -0.3 is 10.1 Å². The molecule has 0 saturated carbocycles. The third-order valence-electron chi connectivity index (χ3n) is 4.79. The molecule has 32 heavy (non-hydrogen) atoms. The van der Waals surface area contributed by atoms with Gasteiger partial charge in [0.25, 0.3) is 5.56 Å². The van der Waals surface area contributed by atoms with Gasteiger partial charge in [-0.15, -0.1) is 0 Å². The summed E-state index contributed by atoms with van der Waals surface area (Å²) in [4.78, 5) is 30.3. The molecule has 0 aliphatic rings. The van der Waals surface area contributed by atoms with E-state index in [-0.39, 0.29) is 17.2 Å². The standard InChI is InChI=1S/C24H20ClN3O3S/c1-31-19-12-6-16(7-13-19)14-28-23(30)20-4-2-3-5-21(20)27-24(28)32-15-22(29)26-18-10-8-17(25)9-11-18/h2-13H,14-15H2,1H3,(H,26,29). The van der Waals surface area contributed by atoms with Crippen molar-refractivity contribution in [1.29, 1.82) is 0 Å². The van der Waals surface area contributed by atoms with Gasteiger partial charge in [0.05, 0.1) is 30.3 Å². The Labute approximate surface area is 194 Å². The number of ether oxygens (including phenoxy) is 1. The number of thioether (sulfide) groups is 1. The molecule has 1 N–H and O–H groups in total. The highest BCUT2D eigenvalue weighted by atomic mass is 35.5. The molecule has 1 aromatic heterocycles. The molecule has 4 aromatic rings. The van der Waals surface area contributed by atoms with Crippen molar-refractivity contribution in [1.82, 2.24) is 9.55 Å². The molecule has 0 fully saturated rings. The van der Waals surface area contributed by atoms with Crippen molar-refractivity contribution in [2.24, 2.45) is 0 Å². The van der Waals surface area contributed by atoms with Crippen LogP contribution < -0.4 is 15.6 Å². The summed E-state index contributed by atoms with van der Waals surface area (Å²) in [5.74, 6) is 0.651. The van der Waals surface area contributed by atoms with Crippen molar-refractivity contribution >= 4 is 45.9 Å². The Morgan fingerprint density at radius 1 is 1.06 bits per heavy atom. The summed E-state index contributed by atoms with van der Waals surface area (Å²) in [6.07, 6.45) is 0. The van der Waals surface area contributed by atoms with Crippen LogP contribution in [-0.2, 0) is 11.3 Å². The molecule has 1 heterocycles. The first-order valence-electron chi connectivity index (χ1n) is 9.84. The van der Waals surface area contributed by atoms with Gasteiger partial charge in [-0.2, -0.15) is 0 Å². The molecule has 0 radical (unpaired) electrons. The number of nitrogens with zero attached hydrogens (tertiary/aromatic N) is 2. The highest BCUT2D eigenvalue weighted by Gasteiger charge is 2.14. The highest BCUT2D eigenvalue weighted by molar-refractivity contribution is 7.99. The van der Waals surface area contributed by atoms with E-state index in [0.29, 0.717) is 33.3 Å². The first-order valence-corrected chi connectivity index (χ1v) is 11.2. The normalized spacial score (nSPS) is 10.8. The molecule has 8 heteroatoms. The fourth-order valence-electron chi connectivity index (χ4n) is 3.17. The second-order valence-corrected chi connectivity index (χ2v) is 8.37. The van der Waals surface area contributed by atoms with Gasteiger partial charge in [-0.3, -0.25) is 14.2 Å². The number of hydrogen-bond acceptors (Lipinski definition) is 5. The van der Waals surface area contributed by atoms with E-state index in [0.717, 1.165) is 11.3 Å². The third-order valence-corrected chi connectivity index (χ3v) is 6.02. The fourth-order valence-corrected chi connectivity index (χ4v) is 4.10. The lowest BCUT2D eigenvalue weighted by Gasteiger charge is -2.13. The SMILES string of the molecule is COc1ccc(Cn2c(SCC(=O)Nc3ccc(Cl)cc3)nc3ccccc3c2=O)cc1. The molecule has 0 aliphatic carbocycles. The summed E-state index contributed by atoms with van der Waals surface area (Å²) < 4.78 is 6.81. The van der Waals surface area contributed by atoms with Crippen molar-refractivity contribution in [2.45, 2.75) is 11.7 Å². The van der Waals surface area contributed by atoms with Crippen LogP contribution in [0.25, 0.3) is 10.9 Å². The van der Waals surface area contributed by atoms with Gasteiger partial charge in [0.1, 0.15) is 5.75 Å². The van der Waals surface area contributed by atoms with E-state index in [9.17, 15) is 9.59 Å². The fraction of sp³-hybridized carbons (Fsp3) is 0.125. The number of carbonyl (C=O) groups is 1. The summed E-state index contributed by atoms with van der Waals surface area (Å²) >= 11 is 7.11. The van der Waals surface area contributed by atoms with Crippen LogP contribution in [0.1, 0.15) is 5.56 Å². The molecule has 0 aliphatic heterocycles. The van der Waals surface area contributed by atoms with Crippen molar-refractivity contribution in [3.63, 3.8) is 0 Å². The Kier molecular flexibility index (Phi) is 6.78. The second-order valence-electron chi connectivity index (χ2n) is 6.99. The smallest absolute Gasteiger partial charge is 0.262 e. The van der Waals surface area contributed by atoms with E-state index in [1.807, 2.05) is 36.4 Å². The predicted molar refractivity (Wildman–Crippen MR) is 129 cm³/mol. The Bertz CT molecular complexity index is 1310. The monoisotopic (exact) mass is 465 g/mol. The Hall–Kier alpha value is -3.29. The summed E-state index contributed by atoms with van der Waals surface area (Å²) in [7, 11) is 1.61. The average Bonchev–Trinajstić information content (AvgIpc) is 2.82. The number of methoxy groups -OCH3 is 1. The Morgan fingerprint density at radius 3 is 2.50 bits per heavy atom. The minimum Gasteiger partial charge on any atom is -0.497 e. The Balaban J connectivity index is 1.59. The molecule has 162 valence electrons. The van der Waals surface area contributed by atoms with Crippen LogP contribution in [0.3, 0.4) is 0 Å². The van der Waals surface area contributed by atoms with Crippen LogP contribution in [-0.4, -0.2) is 28.3 Å². The number of halogens is 1. The predicted octanol–water partition coefficient (Wildman–Crippen LogP) is 4.84. The molecule has 1 amide bonds. The second kappa shape index (κ2) is 9.89. The molecule has 0 atom stereocenters. The van der Waals surface area contributed by atoms with Gasteiger partial charge in [-0.05, 0) is 54.1 Å². The molecule has 0 spiro atoms. The van der Waals surface area contributed by atoms with Gasteiger partial charge in [-0.1, -0.05) is 47.6 Å². The molecule has 0 unspecified atom stereocenters. The van der Waals surface area contributed by atoms with Gasteiger partial charge in [0.15, 0.2) is 5.16 Å². The van der Waals surface area contributed by atoms with Crippen molar-refractivity contribution in [3.05, 3.63) is 93.7 Å². The number of amides is 1. The quantitative estimate of drug-likeness (QED) is 0.312. The van der Waals surface area contributed by atoms with E-state index < -0.39 is 0 Å². The van der Waals surface area contributed by atoms with Crippen LogP contribution >= 0.6 is 23.4 Å². The average molecular weight is 466 g/mol. The van der Waals surface area contributed by atoms with E-state index in [4.69, 9.17) is 16.3 Å². The number of anilines is 1. The Morgan fingerprint density at radius 2 is 1.78 bits per heavy atom. The maximum Gasteiger partial charge on any atom is 0.262 e. The zero-order chi connectivity index (χ0) is 22.5. The van der Waals surface area contributed by atoms with E-state index >= 15 is 0 Å². The van der Waals surface area contributed by atoms with Crippen LogP contribution in [0.2, 0.25) is 5.02 Å². The number of benzene rings is 3. The minimum atomic E-state index is -0.198. The number of carbonyl (C=O) groups excluding carboxylic acids is 1. The lowest BCUT2D eigenvalue weighted by Crippen LogP contribution is -2.24. The van der Waals surface area contributed by atoms with Crippen LogP contribution in [0.15, 0.2) is 82.7 Å². The first-order chi connectivity index (χ1) is 15.5. The number of para-hydroxylation sites is 1. The van der Waals surface area contributed by atoms with Crippen molar-refractivity contribution < 1.29 is 9.53 Å². The van der Waals surface area contributed by atoms with Crippen LogP contribution in [0.5, 0.6) is 5.75 Å². The summed E-state index contributed by atoms with van der Waals surface area (Å²) in [6.45, 7) is 0.335. The maximum absolute atomic E-state index is 13.2. The van der Waals surface area contributed by atoms with Gasteiger partial charge in [0.2, 0.25) is 5.91 Å².